The maximum absolute atomic E-state index is 5.61. The van der Waals surface area contributed by atoms with E-state index in [2.05, 4.69) is 46.6 Å². The second-order valence-corrected chi connectivity index (χ2v) is 9.41. The van der Waals surface area contributed by atoms with Crippen molar-refractivity contribution in [3.05, 3.63) is 36.0 Å². The number of piperazine rings is 1. The zero-order valence-electron chi connectivity index (χ0n) is 18.5. The van der Waals surface area contributed by atoms with Crippen molar-refractivity contribution < 1.29 is 4.74 Å². The van der Waals surface area contributed by atoms with Gasteiger partial charge in [-0.2, -0.15) is 0 Å². The van der Waals surface area contributed by atoms with Gasteiger partial charge in [-0.1, -0.05) is 27.2 Å². The number of ether oxygens (including phenoxy) is 1. The topological polar surface area (TPSA) is 67.3 Å². The average Bonchev–Trinajstić information content (AvgIpc) is 2.70. The maximum Gasteiger partial charge on any atom is 0.316 e. The molecule has 1 aliphatic carbocycles. The van der Waals surface area contributed by atoms with Crippen LogP contribution in [0.15, 0.2) is 24.5 Å². The zero-order chi connectivity index (χ0) is 21.0. The molecule has 1 aliphatic heterocycles. The van der Waals surface area contributed by atoms with Crippen molar-refractivity contribution in [3.63, 3.8) is 0 Å². The predicted molar refractivity (Wildman–Crippen MR) is 118 cm³/mol. The predicted octanol–water partition coefficient (Wildman–Crippen LogP) is 3.42. The number of aromatic nitrogens is 4. The van der Waals surface area contributed by atoms with Crippen molar-refractivity contribution in [2.24, 2.45) is 0 Å². The van der Waals surface area contributed by atoms with Gasteiger partial charge < -0.3 is 9.64 Å². The van der Waals surface area contributed by atoms with Gasteiger partial charge in [-0.3, -0.25) is 4.90 Å². The Morgan fingerprint density at radius 3 is 2.40 bits per heavy atom. The molecular formula is C23H34N6O. The van der Waals surface area contributed by atoms with Crippen LogP contribution in [-0.4, -0.2) is 64.2 Å². The van der Waals surface area contributed by atoms with Crippen molar-refractivity contribution in [2.45, 2.75) is 57.8 Å². The van der Waals surface area contributed by atoms with Crippen LogP contribution in [-0.2, 0) is 5.41 Å². The lowest BCUT2D eigenvalue weighted by molar-refractivity contribution is 0.218. The Kier molecular flexibility index (Phi) is 6.46. The SMILES string of the molecule is CC(C)(C)c1nc(C2CCC2)cc(N2CCN(CCCOc3ncccn3)CC2)n1. The van der Waals surface area contributed by atoms with Gasteiger partial charge >= 0.3 is 6.01 Å². The third-order valence-electron chi connectivity index (χ3n) is 6.01. The maximum atomic E-state index is 5.61. The molecule has 0 spiro atoms. The summed E-state index contributed by atoms with van der Waals surface area (Å²) in [6.07, 6.45) is 8.25. The van der Waals surface area contributed by atoms with E-state index < -0.39 is 0 Å². The molecule has 30 heavy (non-hydrogen) atoms. The molecule has 1 saturated carbocycles. The lowest BCUT2D eigenvalue weighted by Gasteiger charge is -2.36. The molecule has 4 rings (SSSR count). The Labute approximate surface area is 179 Å². The highest BCUT2D eigenvalue weighted by atomic mass is 16.5. The first kappa shape index (κ1) is 21.0. The van der Waals surface area contributed by atoms with Crippen molar-refractivity contribution in [3.8, 4) is 6.01 Å². The highest BCUT2D eigenvalue weighted by Gasteiger charge is 2.27. The molecule has 0 N–H and O–H groups in total. The fourth-order valence-corrected chi connectivity index (χ4v) is 3.88. The van der Waals surface area contributed by atoms with Gasteiger partial charge in [0, 0.05) is 68.2 Å². The standard InChI is InChI=1S/C23H34N6O/c1-23(2,3)21-26-19(18-7-4-8-18)17-20(27-21)29-14-12-28(13-15-29)11-6-16-30-22-24-9-5-10-25-22/h5,9-10,17-18H,4,6-8,11-16H2,1-3H3. The summed E-state index contributed by atoms with van der Waals surface area (Å²) in [5.74, 6) is 2.72. The lowest BCUT2D eigenvalue weighted by atomic mass is 9.82. The molecule has 3 heterocycles. The third-order valence-corrected chi connectivity index (χ3v) is 6.01. The molecule has 0 amide bonds. The van der Waals surface area contributed by atoms with E-state index >= 15 is 0 Å². The molecular weight excluding hydrogens is 376 g/mol. The van der Waals surface area contributed by atoms with Crippen molar-refractivity contribution >= 4 is 5.82 Å². The van der Waals surface area contributed by atoms with Crippen LogP contribution in [0.25, 0.3) is 0 Å². The number of anilines is 1. The summed E-state index contributed by atoms with van der Waals surface area (Å²) in [6, 6.07) is 4.51. The molecule has 162 valence electrons. The van der Waals surface area contributed by atoms with Gasteiger partial charge in [-0.05, 0) is 25.3 Å². The summed E-state index contributed by atoms with van der Waals surface area (Å²) in [5, 5.41) is 0. The fourth-order valence-electron chi connectivity index (χ4n) is 3.88. The molecule has 2 aliphatic rings. The molecule has 0 aromatic carbocycles. The molecule has 0 bridgehead atoms. The molecule has 7 heteroatoms. The van der Waals surface area contributed by atoms with Crippen molar-refractivity contribution in [1.82, 2.24) is 24.8 Å². The highest BCUT2D eigenvalue weighted by molar-refractivity contribution is 5.42. The van der Waals surface area contributed by atoms with Crippen LogP contribution in [0.4, 0.5) is 5.82 Å². The van der Waals surface area contributed by atoms with Crippen LogP contribution < -0.4 is 9.64 Å². The van der Waals surface area contributed by atoms with Gasteiger partial charge in [-0.15, -0.1) is 0 Å². The van der Waals surface area contributed by atoms with E-state index in [1.54, 1.807) is 18.5 Å². The summed E-state index contributed by atoms with van der Waals surface area (Å²) in [4.78, 5) is 23.0. The quantitative estimate of drug-likeness (QED) is 0.648. The van der Waals surface area contributed by atoms with E-state index in [-0.39, 0.29) is 5.41 Å². The second-order valence-electron chi connectivity index (χ2n) is 9.41. The average molecular weight is 411 g/mol. The Balaban J connectivity index is 1.30. The van der Waals surface area contributed by atoms with Gasteiger partial charge in [0.1, 0.15) is 11.6 Å². The van der Waals surface area contributed by atoms with Crippen LogP contribution in [0.3, 0.4) is 0 Å². The smallest absolute Gasteiger partial charge is 0.316 e. The van der Waals surface area contributed by atoms with E-state index in [0.29, 0.717) is 18.5 Å². The summed E-state index contributed by atoms with van der Waals surface area (Å²) < 4.78 is 5.61. The van der Waals surface area contributed by atoms with E-state index in [1.165, 1.54) is 25.0 Å². The molecule has 7 nitrogen and oxygen atoms in total. The van der Waals surface area contributed by atoms with Gasteiger partial charge in [0.05, 0.1) is 6.61 Å². The van der Waals surface area contributed by atoms with Gasteiger partial charge in [0.25, 0.3) is 0 Å². The summed E-state index contributed by atoms with van der Waals surface area (Å²) in [7, 11) is 0. The Bertz CT molecular complexity index is 810. The monoisotopic (exact) mass is 410 g/mol. The second kappa shape index (κ2) is 9.25. The summed E-state index contributed by atoms with van der Waals surface area (Å²) in [5.41, 5.74) is 1.22. The first-order valence-corrected chi connectivity index (χ1v) is 11.3. The van der Waals surface area contributed by atoms with Crippen LogP contribution in [0.5, 0.6) is 6.01 Å². The molecule has 0 radical (unpaired) electrons. The largest absolute Gasteiger partial charge is 0.463 e. The molecule has 1 saturated heterocycles. The first-order chi connectivity index (χ1) is 14.5. The number of hydrogen-bond acceptors (Lipinski definition) is 7. The fraction of sp³-hybridized carbons (Fsp3) is 0.652. The van der Waals surface area contributed by atoms with Gasteiger partial charge in [0.15, 0.2) is 0 Å². The Hall–Kier alpha value is -2.28. The molecule has 2 aromatic rings. The van der Waals surface area contributed by atoms with Gasteiger partial charge in [0.2, 0.25) is 0 Å². The number of hydrogen-bond donors (Lipinski definition) is 0. The number of nitrogens with zero attached hydrogens (tertiary/aromatic N) is 6. The van der Waals surface area contributed by atoms with Crippen LogP contribution >= 0.6 is 0 Å². The molecule has 2 fully saturated rings. The third kappa shape index (κ3) is 5.25. The minimum atomic E-state index is -0.0290. The van der Waals surface area contributed by atoms with Crippen molar-refractivity contribution in [2.75, 3.05) is 44.2 Å². The van der Waals surface area contributed by atoms with Gasteiger partial charge in [-0.25, -0.2) is 19.9 Å². The summed E-state index contributed by atoms with van der Waals surface area (Å²) >= 11 is 0. The minimum Gasteiger partial charge on any atom is -0.463 e. The number of rotatable bonds is 7. The van der Waals surface area contributed by atoms with E-state index in [4.69, 9.17) is 14.7 Å². The molecule has 2 aromatic heterocycles. The Morgan fingerprint density at radius 1 is 1.03 bits per heavy atom. The van der Waals surface area contributed by atoms with E-state index in [9.17, 15) is 0 Å². The summed E-state index contributed by atoms with van der Waals surface area (Å²) in [6.45, 7) is 12.4. The Morgan fingerprint density at radius 2 is 1.77 bits per heavy atom. The normalized spacial score (nSPS) is 18.3. The lowest BCUT2D eigenvalue weighted by Crippen LogP contribution is -2.47. The molecule has 0 unspecified atom stereocenters. The zero-order valence-corrected chi connectivity index (χ0v) is 18.5. The van der Waals surface area contributed by atoms with E-state index in [0.717, 1.165) is 50.8 Å². The minimum absolute atomic E-state index is 0.0290. The van der Waals surface area contributed by atoms with Crippen LogP contribution in [0, 0.1) is 0 Å². The van der Waals surface area contributed by atoms with Crippen molar-refractivity contribution in [1.29, 1.82) is 0 Å². The first-order valence-electron chi connectivity index (χ1n) is 11.3. The van der Waals surface area contributed by atoms with Crippen LogP contribution in [0.1, 0.15) is 63.9 Å². The van der Waals surface area contributed by atoms with Crippen LogP contribution in [0.2, 0.25) is 0 Å². The van der Waals surface area contributed by atoms with E-state index in [1.807, 2.05) is 0 Å². The highest BCUT2D eigenvalue weighted by Crippen LogP contribution is 2.37. The molecule has 0 atom stereocenters.